The van der Waals surface area contributed by atoms with Crippen LogP contribution in [0.3, 0.4) is 0 Å². The minimum absolute atomic E-state index is 0.114. The van der Waals surface area contributed by atoms with Crippen LogP contribution in [0.25, 0.3) is 0 Å². The zero-order valence-electron chi connectivity index (χ0n) is 13.9. The lowest BCUT2D eigenvalue weighted by atomic mass is 10.0. The first-order valence-corrected chi connectivity index (χ1v) is 7.84. The quantitative estimate of drug-likeness (QED) is 0.929. The summed E-state index contributed by atoms with van der Waals surface area (Å²) in [5, 5.41) is 2.97. The summed E-state index contributed by atoms with van der Waals surface area (Å²) in [6.07, 6.45) is 6.88. The lowest BCUT2D eigenvalue weighted by Gasteiger charge is -2.36. The monoisotopic (exact) mass is 306 g/mol. The molecule has 22 heavy (non-hydrogen) atoms. The summed E-state index contributed by atoms with van der Waals surface area (Å²) < 4.78 is 5.33. The third-order valence-corrected chi connectivity index (χ3v) is 3.73. The van der Waals surface area contributed by atoms with Crippen molar-refractivity contribution in [3.63, 3.8) is 0 Å². The summed E-state index contributed by atoms with van der Waals surface area (Å²) >= 11 is 0. The van der Waals surface area contributed by atoms with Crippen LogP contribution >= 0.6 is 0 Å². The van der Waals surface area contributed by atoms with Gasteiger partial charge in [-0.3, -0.25) is 14.9 Å². The van der Waals surface area contributed by atoms with E-state index >= 15 is 0 Å². The van der Waals surface area contributed by atoms with E-state index in [0.29, 0.717) is 0 Å². The molecule has 1 amide bonds. The molecule has 0 bridgehead atoms. The van der Waals surface area contributed by atoms with Crippen LogP contribution in [0.1, 0.15) is 52.3 Å². The Morgan fingerprint density at radius 3 is 2.86 bits per heavy atom. The Morgan fingerprint density at radius 1 is 1.45 bits per heavy atom. The van der Waals surface area contributed by atoms with Gasteiger partial charge in [-0.25, -0.2) is 4.79 Å². The number of alkyl carbamates (subject to hydrolysis) is 1. The van der Waals surface area contributed by atoms with Crippen LogP contribution in [0.4, 0.5) is 4.79 Å². The van der Waals surface area contributed by atoms with Gasteiger partial charge in [-0.1, -0.05) is 0 Å². The molecule has 1 aliphatic rings. The fourth-order valence-electron chi connectivity index (χ4n) is 2.66. The lowest BCUT2D eigenvalue weighted by Crippen LogP contribution is -2.49. The minimum Gasteiger partial charge on any atom is -0.444 e. The van der Waals surface area contributed by atoms with E-state index in [2.05, 4.69) is 27.1 Å². The average Bonchev–Trinajstić information content (AvgIpc) is 2.45. The second-order valence-corrected chi connectivity index (χ2v) is 6.79. The van der Waals surface area contributed by atoms with E-state index in [1.165, 1.54) is 0 Å². The molecule has 0 radical (unpaired) electrons. The number of carbonyl (C=O) groups is 1. The number of nitrogens with one attached hydrogen (secondary N) is 1. The second kappa shape index (κ2) is 7.05. The summed E-state index contributed by atoms with van der Waals surface area (Å²) in [5.41, 5.74) is 0.492. The highest BCUT2D eigenvalue weighted by molar-refractivity contribution is 5.68. The molecule has 6 nitrogen and oxygen atoms in total. The fraction of sp³-hybridized carbons (Fsp3) is 0.688. The van der Waals surface area contributed by atoms with Crippen molar-refractivity contribution in [2.45, 2.75) is 58.2 Å². The Labute approximate surface area is 132 Å². The van der Waals surface area contributed by atoms with Crippen molar-refractivity contribution < 1.29 is 9.53 Å². The Hall–Kier alpha value is -1.69. The van der Waals surface area contributed by atoms with Crippen molar-refractivity contribution in [2.24, 2.45) is 0 Å². The molecule has 122 valence electrons. The van der Waals surface area contributed by atoms with Gasteiger partial charge in [0.1, 0.15) is 5.60 Å². The van der Waals surface area contributed by atoms with Crippen molar-refractivity contribution in [1.82, 2.24) is 20.2 Å². The van der Waals surface area contributed by atoms with Gasteiger partial charge in [-0.15, -0.1) is 0 Å². The van der Waals surface area contributed by atoms with Crippen molar-refractivity contribution in [3.05, 3.63) is 24.3 Å². The molecule has 0 spiro atoms. The molecule has 0 unspecified atom stereocenters. The van der Waals surface area contributed by atoms with Crippen molar-refractivity contribution >= 4 is 6.09 Å². The molecule has 1 N–H and O–H groups in total. The van der Waals surface area contributed by atoms with Crippen LogP contribution in [-0.2, 0) is 4.74 Å². The number of ether oxygens (including phenoxy) is 1. The Kier molecular flexibility index (Phi) is 5.34. The van der Waals surface area contributed by atoms with Gasteiger partial charge < -0.3 is 10.1 Å². The third kappa shape index (κ3) is 4.94. The molecule has 1 aromatic rings. The van der Waals surface area contributed by atoms with E-state index in [0.717, 1.165) is 31.6 Å². The molecule has 1 aromatic heterocycles. The normalized spacial score (nSPS) is 21.2. The summed E-state index contributed by atoms with van der Waals surface area (Å²) in [6.45, 7) is 9.54. The topological polar surface area (TPSA) is 67.4 Å². The Balaban J connectivity index is 1.90. The number of hydrogen-bond acceptors (Lipinski definition) is 5. The highest BCUT2D eigenvalue weighted by Crippen LogP contribution is 2.22. The van der Waals surface area contributed by atoms with E-state index in [1.54, 1.807) is 18.6 Å². The SMILES string of the molecule is C[C@@H](c1cnccn1)N1CCC[C@H](NC(=O)OC(C)(C)C)C1. The first kappa shape index (κ1) is 16.7. The fourth-order valence-corrected chi connectivity index (χ4v) is 2.66. The molecule has 2 atom stereocenters. The number of rotatable bonds is 3. The van der Waals surface area contributed by atoms with Gasteiger partial charge in [0.15, 0.2) is 0 Å². The summed E-state index contributed by atoms with van der Waals surface area (Å²) in [6, 6.07) is 0.305. The van der Waals surface area contributed by atoms with Gasteiger partial charge in [0, 0.05) is 31.2 Å². The Bertz CT molecular complexity index is 487. The zero-order chi connectivity index (χ0) is 16.2. The molecule has 2 heterocycles. The van der Waals surface area contributed by atoms with Crippen LogP contribution in [0.15, 0.2) is 18.6 Å². The van der Waals surface area contributed by atoms with Gasteiger partial charge in [0.05, 0.1) is 11.7 Å². The van der Waals surface area contributed by atoms with Gasteiger partial charge in [0.2, 0.25) is 0 Å². The molecule has 0 saturated carbocycles. The maximum absolute atomic E-state index is 11.9. The summed E-state index contributed by atoms with van der Waals surface area (Å²) in [5.74, 6) is 0. The predicted octanol–water partition coefficient (Wildman–Crippen LogP) is 2.53. The Morgan fingerprint density at radius 2 is 2.23 bits per heavy atom. The second-order valence-electron chi connectivity index (χ2n) is 6.79. The van der Waals surface area contributed by atoms with E-state index in [1.807, 2.05) is 20.8 Å². The molecular formula is C16H26N4O2. The maximum Gasteiger partial charge on any atom is 0.407 e. The molecule has 1 fully saturated rings. The average molecular weight is 306 g/mol. The van der Waals surface area contributed by atoms with Gasteiger partial charge in [-0.05, 0) is 47.1 Å². The largest absolute Gasteiger partial charge is 0.444 e. The van der Waals surface area contributed by atoms with E-state index in [-0.39, 0.29) is 18.2 Å². The van der Waals surface area contributed by atoms with Gasteiger partial charge in [0.25, 0.3) is 0 Å². The highest BCUT2D eigenvalue weighted by atomic mass is 16.6. The number of amides is 1. The number of carbonyl (C=O) groups excluding carboxylic acids is 1. The standard InChI is InChI=1S/C16H26N4O2/c1-12(14-10-17-7-8-18-14)20-9-5-6-13(11-20)19-15(21)22-16(2,3)4/h7-8,10,12-13H,5-6,9,11H2,1-4H3,(H,19,21)/t12-,13-/m0/s1. The number of hydrogen-bond donors (Lipinski definition) is 1. The smallest absolute Gasteiger partial charge is 0.407 e. The van der Waals surface area contributed by atoms with E-state index in [4.69, 9.17) is 4.74 Å². The molecular weight excluding hydrogens is 280 g/mol. The number of likely N-dealkylation sites (tertiary alicyclic amines) is 1. The van der Waals surface area contributed by atoms with Crippen LogP contribution in [0, 0.1) is 0 Å². The summed E-state index contributed by atoms with van der Waals surface area (Å²) in [7, 11) is 0. The van der Waals surface area contributed by atoms with Gasteiger partial charge >= 0.3 is 6.09 Å². The molecule has 1 saturated heterocycles. The van der Waals surface area contributed by atoms with Crippen molar-refractivity contribution in [2.75, 3.05) is 13.1 Å². The molecule has 0 aliphatic carbocycles. The van der Waals surface area contributed by atoms with Crippen molar-refractivity contribution in [3.8, 4) is 0 Å². The predicted molar refractivity (Wildman–Crippen MR) is 84.4 cm³/mol. The van der Waals surface area contributed by atoms with Crippen LogP contribution in [0.5, 0.6) is 0 Å². The zero-order valence-corrected chi connectivity index (χ0v) is 13.9. The summed E-state index contributed by atoms with van der Waals surface area (Å²) in [4.78, 5) is 22.7. The van der Waals surface area contributed by atoms with E-state index in [9.17, 15) is 4.79 Å². The maximum atomic E-state index is 11.9. The molecule has 2 rings (SSSR count). The van der Waals surface area contributed by atoms with Crippen LogP contribution in [-0.4, -0.2) is 45.7 Å². The molecule has 0 aromatic carbocycles. The van der Waals surface area contributed by atoms with E-state index < -0.39 is 5.60 Å². The van der Waals surface area contributed by atoms with Gasteiger partial charge in [-0.2, -0.15) is 0 Å². The highest BCUT2D eigenvalue weighted by Gasteiger charge is 2.27. The van der Waals surface area contributed by atoms with Crippen LogP contribution in [0.2, 0.25) is 0 Å². The lowest BCUT2D eigenvalue weighted by molar-refractivity contribution is 0.0457. The van der Waals surface area contributed by atoms with Crippen LogP contribution < -0.4 is 5.32 Å². The number of piperidine rings is 1. The first-order chi connectivity index (χ1) is 10.3. The number of nitrogens with zero attached hydrogens (tertiary/aromatic N) is 3. The number of aromatic nitrogens is 2. The third-order valence-electron chi connectivity index (χ3n) is 3.73. The molecule has 1 aliphatic heterocycles. The first-order valence-electron chi connectivity index (χ1n) is 7.84. The van der Waals surface area contributed by atoms with Crippen molar-refractivity contribution in [1.29, 1.82) is 0 Å². The molecule has 6 heteroatoms. The minimum atomic E-state index is -0.467.